The summed E-state index contributed by atoms with van der Waals surface area (Å²) in [7, 11) is 0. The topological polar surface area (TPSA) is 87.0 Å². The Hall–Kier alpha value is -3.14. The lowest BCUT2D eigenvalue weighted by Crippen LogP contribution is -2.15. The van der Waals surface area contributed by atoms with E-state index in [0.29, 0.717) is 24.1 Å². The summed E-state index contributed by atoms with van der Waals surface area (Å²) in [5.41, 5.74) is 3.04. The molecule has 0 radical (unpaired) electrons. The maximum atomic E-state index is 5.96. The number of nitrogens with one attached hydrogen (secondary N) is 1. The largest absolute Gasteiger partial charge is 0.490 e. The van der Waals surface area contributed by atoms with E-state index in [4.69, 9.17) is 21.1 Å². The Morgan fingerprint density at radius 3 is 2.66 bits per heavy atom. The van der Waals surface area contributed by atoms with Crippen LogP contribution in [0.5, 0.6) is 11.5 Å². The van der Waals surface area contributed by atoms with Crippen molar-refractivity contribution in [1.82, 2.24) is 30.5 Å². The van der Waals surface area contributed by atoms with Gasteiger partial charge in [0.15, 0.2) is 11.5 Å². The van der Waals surface area contributed by atoms with Gasteiger partial charge in [-0.2, -0.15) is 4.68 Å². The van der Waals surface area contributed by atoms with E-state index in [9.17, 15) is 0 Å². The number of ether oxygens (including phenoxy) is 2. The molecule has 0 atom stereocenters. The zero-order valence-electron chi connectivity index (χ0n) is 19.4. The smallest absolute Gasteiger partial charge is 0.214 e. The number of hydrogen-bond acceptors (Lipinski definition) is 8. The number of thioether (sulfide) groups is 1. The second-order valence-electron chi connectivity index (χ2n) is 7.58. The molecule has 8 nitrogen and oxygen atoms in total. The molecule has 4 aromatic rings. The molecular weight excluding hydrogens is 484 g/mol. The van der Waals surface area contributed by atoms with Crippen LogP contribution in [0.2, 0.25) is 5.15 Å². The summed E-state index contributed by atoms with van der Waals surface area (Å²) in [5.74, 6) is 2.35. The number of aromatic nitrogens is 5. The summed E-state index contributed by atoms with van der Waals surface area (Å²) >= 11 is 7.50. The number of halogens is 1. The predicted molar refractivity (Wildman–Crippen MR) is 137 cm³/mol. The summed E-state index contributed by atoms with van der Waals surface area (Å²) in [5, 5.41) is 16.8. The Kier molecular flexibility index (Phi) is 9.33. The van der Waals surface area contributed by atoms with Crippen molar-refractivity contribution in [2.24, 2.45) is 0 Å². The Balaban J connectivity index is 1.22. The van der Waals surface area contributed by atoms with Crippen LogP contribution in [0.15, 0.2) is 72.0 Å². The first kappa shape index (κ1) is 25.0. The van der Waals surface area contributed by atoms with E-state index < -0.39 is 0 Å². The van der Waals surface area contributed by atoms with Crippen LogP contribution >= 0.6 is 23.4 Å². The molecule has 2 heterocycles. The van der Waals surface area contributed by atoms with Crippen LogP contribution in [0.25, 0.3) is 5.69 Å². The van der Waals surface area contributed by atoms with E-state index in [2.05, 4.69) is 25.8 Å². The minimum Gasteiger partial charge on any atom is -0.490 e. The van der Waals surface area contributed by atoms with Gasteiger partial charge < -0.3 is 14.8 Å². The first-order valence-electron chi connectivity index (χ1n) is 11.4. The number of hydrogen-bond donors (Lipinski definition) is 1. The monoisotopic (exact) mass is 510 g/mol. The van der Waals surface area contributed by atoms with Gasteiger partial charge in [-0.3, -0.25) is 0 Å². The number of benzene rings is 2. The second kappa shape index (κ2) is 13.1. The molecule has 0 spiro atoms. The highest BCUT2D eigenvalue weighted by molar-refractivity contribution is 7.99. The Morgan fingerprint density at radius 1 is 1.00 bits per heavy atom. The predicted octanol–water partition coefficient (Wildman–Crippen LogP) is 4.96. The number of para-hydroxylation sites is 1. The van der Waals surface area contributed by atoms with Crippen molar-refractivity contribution in [1.29, 1.82) is 0 Å². The number of pyridine rings is 1. The van der Waals surface area contributed by atoms with Crippen molar-refractivity contribution < 1.29 is 9.47 Å². The first-order chi connectivity index (χ1) is 17.2. The van der Waals surface area contributed by atoms with Gasteiger partial charge in [0, 0.05) is 24.1 Å². The fourth-order valence-electron chi connectivity index (χ4n) is 3.30. The average molecular weight is 511 g/mol. The molecule has 4 rings (SSSR count). The van der Waals surface area contributed by atoms with Crippen molar-refractivity contribution >= 4 is 23.4 Å². The lowest BCUT2D eigenvalue weighted by molar-refractivity contribution is 0.269. The Labute approximate surface area is 214 Å². The van der Waals surface area contributed by atoms with Crippen LogP contribution in [0.1, 0.15) is 24.5 Å². The molecule has 0 fully saturated rings. The third kappa shape index (κ3) is 7.42. The molecule has 0 aliphatic rings. The highest BCUT2D eigenvalue weighted by Crippen LogP contribution is 2.29. The van der Waals surface area contributed by atoms with Crippen LogP contribution in [-0.2, 0) is 13.2 Å². The molecule has 2 aromatic heterocycles. The standard InChI is InChI=1S/C25H27ClN6O2S/c1-2-33-23-15-19(9-11-22(23)34-18-20-10-12-24(26)28-17-20)16-27-13-6-14-35-25-29-30-31-32(25)21-7-4-3-5-8-21/h3-5,7-12,15,17,27H,2,6,13-14,16,18H2,1H3. The van der Waals surface area contributed by atoms with Crippen molar-refractivity contribution in [2.75, 3.05) is 18.9 Å². The van der Waals surface area contributed by atoms with E-state index in [1.807, 2.05) is 61.5 Å². The molecular formula is C25H27ClN6O2S. The van der Waals surface area contributed by atoms with Gasteiger partial charge in [0.1, 0.15) is 11.8 Å². The fourth-order valence-corrected chi connectivity index (χ4v) is 4.24. The van der Waals surface area contributed by atoms with Crippen LogP contribution in [0.3, 0.4) is 0 Å². The quantitative estimate of drug-likeness (QED) is 0.153. The highest BCUT2D eigenvalue weighted by atomic mass is 35.5. The first-order valence-corrected chi connectivity index (χ1v) is 12.8. The molecule has 0 amide bonds. The molecule has 0 saturated carbocycles. The van der Waals surface area contributed by atoms with Crippen molar-refractivity contribution in [3.8, 4) is 17.2 Å². The van der Waals surface area contributed by atoms with Crippen LogP contribution < -0.4 is 14.8 Å². The highest BCUT2D eigenvalue weighted by Gasteiger charge is 2.09. The molecule has 0 aliphatic heterocycles. The summed E-state index contributed by atoms with van der Waals surface area (Å²) in [6, 6.07) is 19.6. The van der Waals surface area contributed by atoms with Gasteiger partial charge in [0.2, 0.25) is 5.16 Å². The van der Waals surface area contributed by atoms with Gasteiger partial charge in [-0.25, -0.2) is 4.98 Å². The van der Waals surface area contributed by atoms with E-state index in [1.165, 1.54) is 0 Å². The van der Waals surface area contributed by atoms with Gasteiger partial charge >= 0.3 is 0 Å². The van der Waals surface area contributed by atoms with Crippen molar-refractivity contribution in [3.63, 3.8) is 0 Å². The third-order valence-electron chi connectivity index (χ3n) is 4.99. The molecule has 35 heavy (non-hydrogen) atoms. The van der Waals surface area contributed by atoms with E-state index in [-0.39, 0.29) is 0 Å². The van der Waals surface area contributed by atoms with Crippen LogP contribution in [-0.4, -0.2) is 44.1 Å². The minimum atomic E-state index is 0.396. The Bertz CT molecular complexity index is 1190. The third-order valence-corrected chi connectivity index (χ3v) is 6.22. The van der Waals surface area contributed by atoms with Gasteiger partial charge in [0.05, 0.1) is 12.3 Å². The van der Waals surface area contributed by atoms with E-state index in [0.717, 1.165) is 53.0 Å². The summed E-state index contributed by atoms with van der Waals surface area (Å²) < 4.78 is 13.5. The van der Waals surface area contributed by atoms with Gasteiger partial charge in [0.25, 0.3) is 0 Å². The van der Waals surface area contributed by atoms with Gasteiger partial charge in [-0.1, -0.05) is 53.7 Å². The van der Waals surface area contributed by atoms with Crippen molar-refractivity contribution in [2.45, 2.75) is 31.7 Å². The molecule has 0 unspecified atom stereocenters. The SMILES string of the molecule is CCOc1cc(CNCCCSc2nnnn2-c2ccccc2)ccc1OCc1ccc(Cl)nc1. The van der Waals surface area contributed by atoms with E-state index >= 15 is 0 Å². The van der Waals surface area contributed by atoms with Gasteiger partial charge in [-0.05, 0) is 66.2 Å². The van der Waals surface area contributed by atoms with Crippen LogP contribution in [0.4, 0.5) is 0 Å². The minimum absolute atomic E-state index is 0.396. The summed E-state index contributed by atoms with van der Waals surface area (Å²) in [6.07, 6.45) is 2.70. The molecule has 2 aromatic carbocycles. The average Bonchev–Trinajstić information content (AvgIpc) is 3.36. The second-order valence-corrected chi connectivity index (χ2v) is 9.03. The molecule has 182 valence electrons. The normalized spacial score (nSPS) is 10.9. The zero-order valence-corrected chi connectivity index (χ0v) is 21.0. The van der Waals surface area contributed by atoms with E-state index in [1.54, 1.807) is 28.7 Å². The molecule has 0 bridgehead atoms. The maximum Gasteiger partial charge on any atom is 0.214 e. The Morgan fingerprint density at radius 2 is 1.86 bits per heavy atom. The lowest BCUT2D eigenvalue weighted by atomic mass is 10.2. The fraction of sp³-hybridized carbons (Fsp3) is 0.280. The lowest BCUT2D eigenvalue weighted by Gasteiger charge is -2.14. The number of rotatable bonds is 13. The zero-order chi connectivity index (χ0) is 24.3. The molecule has 10 heteroatoms. The summed E-state index contributed by atoms with van der Waals surface area (Å²) in [4.78, 5) is 4.09. The number of nitrogens with zero attached hydrogens (tertiary/aromatic N) is 5. The molecule has 1 N–H and O–H groups in total. The van der Waals surface area contributed by atoms with Crippen molar-refractivity contribution in [3.05, 3.63) is 83.1 Å². The molecule has 0 saturated heterocycles. The maximum absolute atomic E-state index is 5.96. The summed E-state index contributed by atoms with van der Waals surface area (Å²) in [6.45, 7) is 4.55. The number of tetrazole rings is 1. The molecule has 0 aliphatic carbocycles. The van der Waals surface area contributed by atoms with Crippen LogP contribution in [0, 0.1) is 0 Å². The van der Waals surface area contributed by atoms with Gasteiger partial charge in [-0.15, -0.1) is 5.10 Å².